The molecule has 0 saturated heterocycles. The third kappa shape index (κ3) is 2.78. The zero-order valence-electron chi connectivity index (χ0n) is 7.61. The van der Waals surface area contributed by atoms with Crippen LogP contribution < -0.4 is 5.73 Å². The number of nitrogens with two attached hydrogens (primary N) is 1. The number of amides is 1. The number of hydrogen-bond acceptors (Lipinski definition) is 4. The quantitative estimate of drug-likeness (QED) is 0.786. The van der Waals surface area contributed by atoms with E-state index in [4.69, 9.17) is 10.5 Å². The van der Waals surface area contributed by atoms with E-state index in [1.54, 1.807) is 19.4 Å². The normalized spacial score (nSPS) is 11.5. The molecule has 5 heteroatoms. The summed E-state index contributed by atoms with van der Waals surface area (Å²) in [5, 5.41) is 1.87. The van der Waals surface area contributed by atoms with Crippen molar-refractivity contribution in [2.24, 2.45) is 5.73 Å². The van der Waals surface area contributed by atoms with E-state index in [1.165, 1.54) is 11.3 Å². The average molecular weight is 200 g/mol. The molecule has 13 heavy (non-hydrogen) atoms. The van der Waals surface area contributed by atoms with Gasteiger partial charge in [-0.15, -0.1) is 11.3 Å². The lowest BCUT2D eigenvalue weighted by Gasteiger charge is -2.20. The number of carbonyl (C=O) groups excluding carboxylic acids is 1. The molecule has 1 heterocycles. The van der Waals surface area contributed by atoms with Crippen LogP contribution in [0.25, 0.3) is 0 Å². The molecule has 0 aliphatic rings. The average Bonchev–Trinajstić information content (AvgIpc) is 2.52. The van der Waals surface area contributed by atoms with Gasteiger partial charge >= 0.3 is 0 Å². The Hall–Kier alpha value is -0.940. The van der Waals surface area contributed by atoms with Crippen LogP contribution in [-0.2, 0) is 16.1 Å². The molecule has 0 bridgehead atoms. The fourth-order valence-corrected chi connectivity index (χ4v) is 1.18. The first-order valence-corrected chi connectivity index (χ1v) is 4.77. The number of nitrogens with zero attached hydrogens (tertiary/aromatic N) is 1. The maximum atomic E-state index is 10.9. The van der Waals surface area contributed by atoms with Gasteiger partial charge in [0.15, 0.2) is 0 Å². The highest BCUT2D eigenvalue weighted by Gasteiger charge is 2.25. The highest BCUT2D eigenvalue weighted by Crippen LogP contribution is 2.12. The minimum Gasteiger partial charge on any atom is -0.367 e. The van der Waals surface area contributed by atoms with Crippen molar-refractivity contribution < 1.29 is 9.53 Å². The van der Waals surface area contributed by atoms with Crippen LogP contribution in [0.5, 0.6) is 0 Å². The van der Waals surface area contributed by atoms with E-state index in [1.807, 2.05) is 5.38 Å². The molecule has 0 spiro atoms. The van der Waals surface area contributed by atoms with Crippen LogP contribution in [0, 0.1) is 0 Å². The summed E-state index contributed by atoms with van der Waals surface area (Å²) < 4.78 is 5.30. The lowest BCUT2D eigenvalue weighted by molar-refractivity contribution is -0.140. The van der Waals surface area contributed by atoms with Crippen LogP contribution >= 0.6 is 11.3 Å². The van der Waals surface area contributed by atoms with Gasteiger partial charge < -0.3 is 10.5 Å². The first kappa shape index (κ1) is 10.1. The summed E-state index contributed by atoms with van der Waals surface area (Å²) in [6.45, 7) is 3.60. The van der Waals surface area contributed by atoms with E-state index in [9.17, 15) is 4.79 Å². The van der Waals surface area contributed by atoms with Crippen LogP contribution in [0.2, 0.25) is 0 Å². The van der Waals surface area contributed by atoms with Gasteiger partial charge in [-0.1, -0.05) is 0 Å². The van der Waals surface area contributed by atoms with Crippen molar-refractivity contribution in [3.63, 3.8) is 0 Å². The summed E-state index contributed by atoms with van der Waals surface area (Å²) in [5.41, 5.74) is 6.74. The molecule has 0 aromatic carbocycles. The third-order valence-corrected chi connectivity index (χ3v) is 2.29. The van der Waals surface area contributed by atoms with Gasteiger partial charge in [0.1, 0.15) is 5.60 Å². The molecule has 0 aliphatic carbocycles. The zero-order chi connectivity index (χ0) is 9.90. The van der Waals surface area contributed by atoms with Crippen molar-refractivity contribution in [1.29, 1.82) is 0 Å². The van der Waals surface area contributed by atoms with E-state index >= 15 is 0 Å². The molecular formula is C8H12N2O2S. The van der Waals surface area contributed by atoms with Crippen LogP contribution in [0.3, 0.4) is 0 Å². The number of ether oxygens (including phenoxy) is 1. The smallest absolute Gasteiger partial charge is 0.249 e. The molecule has 1 aromatic rings. The maximum absolute atomic E-state index is 10.9. The maximum Gasteiger partial charge on any atom is 0.249 e. The SMILES string of the molecule is CC(C)(OCc1cscn1)C(N)=O. The van der Waals surface area contributed by atoms with Crippen molar-refractivity contribution in [3.05, 3.63) is 16.6 Å². The zero-order valence-corrected chi connectivity index (χ0v) is 8.43. The second-order valence-electron chi connectivity index (χ2n) is 3.14. The Balaban J connectivity index is 2.47. The fourth-order valence-electron chi connectivity index (χ4n) is 0.634. The second kappa shape index (κ2) is 3.85. The van der Waals surface area contributed by atoms with Gasteiger partial charge in [-0.25, -0.2) is 4.98 Å². The molecule has 0 saturated carbocycles. The van der Waals surface area contributed by atoms with Crippen molar-refractivity contribution >= 4 is 17.2 Å². The minimum atomic E-state index is -0.927. The van der Waals surface area contributed by atoms with Gasteiger partial charge in [0.2, 0.25) is 5.91 Å². The largest absolute Gasteiger partial charge is 0.367 e. The summed E-state index contributed by atoms with van der Waals surface area (Å²) in [6, 6.07) is 0. The highest BCUT2D eigenvalue weighted by molar-refractivity contribution is 7.07. The fraction of sp³-hybridized carbons (Fsp3) is 0.500. The number of primary amides is 1. The van der Waals surface area contributed by atoms with Gasteiger partial charge in [-0.3, -0.25) is 4.79 Å². The number of carbonyl (C=O) groups is 1. The second-order valence-corrected chi connectivity index (χ2v) is 3.86. The van der Waals surface area contributed by atoms with E-state index in [0.29, 0.717) is 6.61 Å². The van der Waals surface area contributed by atoms with E-state index in [2.05, 4.69) is 4.98 Å². The van der Waals surface area contributed by atoms with Crippen molar-refractivity contribution in [2.45, 2.75) is 26.1 Å². The van der Waals surface area contributed by atoms with Gasteiger partial charge in [0.05, 0.1) is 17.8 Å². The van der Waals surface area contributed by atoms with E-state index in [0.717, 1.165) is 5.69 Å². The topological polar surface area (TPSA) is 65.2 Å². The van der Waals surface area contributed by atoms with Crippen LogP contribution in [0.1, 0.15) is 19.5 Å². The summed E-state index contributed by atoms with van der Waals surface area (Å²) in [5.74, 6) is -0.470. The van der Waals surface area contributed by atoms with Crippen molar-refractivity contribution in [1.82, 2.24) is 4.98 Å². The molecule has 0 aliphatic heterocycles. The molecule has 0 unspecified atom stereocenters. The number of hydrogen-bond donors (Lipinski definition) is 1. The molecule has 1 aromatic heterocycles. The lowest BCUT2D eigenvalue weighted by Crippen LogP contribution is -2.40. The number of aromatic nitrogens is 1. The lowest BCUT2D eigenvalue weighted by atomic mass is 10.1. The summed E-state index contributed by atoms with van der Waals surface area (Å²) in [7, 11) is 0. The van der Waals surface area contributed by atoms with Crippen LogP contribution in [-0.4, -0.2) is 16.5 Å². The van der Waals surface area contributed by atoms with Crippen LogP contribution in [0.15, 0.2) is 10.9 Å². The Kier molecular flexibility index (Phi) is 3.00. The van der Waals surface area contributed by atoms with E-state index in [-0.39, 0.29) is 0 Å². The number of thiazole rings is 1. The van der Waals surface area contributed by atoms with Gasteiger partial charge in [0.25, 0.3) is 0 Å². The summed E-state index contributed by atoms with van der Waals surface area (Å²) >= 11 is 1.49. The first-order chi connectivity index (χ1) is 6.02. The predicted octanol–water partition coefficient (Wildman–Crippen LogP) is 0.924. The third-order valence-electron chi connectivity index (χ3n) is 1.66. The molecule has 0 fully saturated rings. The standard InChI is InChI=1S/C8H12N2O2S/c1-8(2,7(9)11)12-3-6-4-13-5-10-6/h4-5H,3H2,1-2H3,(H2,9,11). The molecule has 4 nitrogen and oxygen atoms in total. The van der Waals surface area contributed by atoms with Gasteiger partial charge in [0, 0.05) is 5.38 Å². The van der Waals surface area contributed by atoms with Gasteiger partial charge in [-0.05, 0) is 13.8 Å². The molecule has 0 radical (unpaired) electrons. The minimum absolute atomic E-state index is 0.319. The Morgan fingerprint density at radius 2 is 2.46 bits per heavy atom. The van der Waals surface area contributed by atoms with Crippen molar-refractivity contribution in [3.8, 4) is 0 Å². The molecule has 1 amide bonds. The Bertz CT molecular complexity index is 282. The monoisotopic (exact) mass is 200 g/mol. The molecular weight excluding hydrogens is 188 g/mol. The van der Waals surface area contributed by atoms with E-state index < -0.39 is 11.5 Å². The highest BCUT2D eigenvalue weighted by atomic mass is 32.1. The Labute approximate surface area is 80.7 Å². The summed E-state index contributed by atoms with van der Waals surface area (Å²) in [6.07, 6.45) is 0. The predicted molar refractivity (Wildman–Crippen MR) is 50.2 cm³/mol. The number of rotatable bonds is 4. The Morgan fingerprint density at radius 3 is 2.92 bits per heavy atom. The van der Waals surface area contributed by atoms with Gasteiger partial charge in [-0.2, -0.15) is 0 Å². The van der Waals surface area contributed by atoms with Crippen LogP contribution in [0.4, 0.5) is 0 Å². The Morgan fingerprint density at radius 1 is 1.77 bits per heavy atom. The molecule has 1 rings (SSSR count). The molecule has 72 valence electrons. The molecule has 2 N–H and O–H groups in total. The first-order valence-electron chi connectivity index (χ1n) is 3.83. The molecule has 0 atom stereocenters. The summed E-state index contributed by atoms with van der Waals surface area (Å²) in [4.78, 5) is 14.9. The van der Waals surface area contributed by atoms with Crippen molar-refractivity contribution in [2.75, 3.05) is 0 Å².